The minimum Gasteiger partial charge on any atom is -0.506 e. The minimum absolute atomic E-state index is 0.0292. The first-order chi connectivity index (χ1) is 10.7. The van der Waals surface area contributed by atoms with Crippen LogP contribution in [-0.2, 0) is 4.79 Å². The fraction of sp³-hybridized carbons (Fsp3) is 0.222. The van der Waals surface area contributed by atoms with Gasteiger partial charge in [0.1, 0.15) is 5.75 Å². The number of benzene rings is 2. The predicted molar refractivity (Wildman–Crippen MR) is 90.0 cm³/mol. The third kappa shape index (κ3) is 5.35. The van der Waals surface area contributed by atoms with E-state index in [1.54, 1.807) is 36.6 Å². The van der Waals surface area contributed by atoms with Crippen LogP contribution in [0.4, 0.5) is 5.69 Å². The molecule has 0 radical (unpaired) electrons. The Morgan fingerprint density at radius 1 is 0.955 bits per heavy atom. The molecule has 0 saturated carbocycles. The van der Waals surface area contributed by atoms with Crippen molar-refractivity contribution in [2.45, 2.75) is 27.7 Å². The molecule has 0 aromatic heterocycles. The second kappa shape index (κ2) is 11.0. The lowest BCUT2D eigenvalue weighted by Crippen LogP contribution is -2.14. The molecule has 2 aromatic carbocycles. The molecule has 0 heterocycles. The maximum atomic E-state index is 11.9. The Kier molecular flexibility index (Phi) is 9.65. The van der Waals surface area contributed by atoms with Gasteiger partial charge >= 0.3 is 12.2 Å². The Hall–Kier alpha value is -2.71. The molecule has 0 spiro atoms. The number of rotatable bonds is 3. The van der Waals surface area contributed by atoms with Crippen LogP contribution < -0.4 is 5.32 Å². The lowest BCUT2D eigenvalue weighted by molar-refractivity contribution is 0.102. The van der Waals surface area contributed by atoms with Crippen LogP contribution in [-0.4, -0.2) is 17.3 Å². The van der Waals surface area contributed by atoms with E-state index in [1.165, 1.54) is 18.2 Å². The summed E-state index contributed by atoms with van der Waals surface area (Å²) < 4.78 is 0. The van der Waals surface area contributed by atoms with Gasteiger partial charge in [0.25, 0.3) is 0 Å². The SMILES string of the molecule is CC.CC.O=[C+]c1ccccc1C(=O)Nc1ccccc1O. The van der Waals surface area contributed by atoms with Gasteiger partial charge in [-0.2, -0.15) is 0 Å². The zero-order valence-electron chi connectivity index (χ0n) is 13.4. The highest BCUT2D eigenvalue weighted by atomic mass is 16.3. The largest absolute Gasteiger partial charge is 0.506 e. The Balaban J connectivity index is 0.00000102. The van der Waals surface area contributed by atoms with Crippen molar-refractivity contribution in [2.75, 3.05) is 5.32 Å². The minimum atomic E-state index is -0.463. The van der Waals surface area contributed by atoms with Gasteiger partial charge in [0, 0.05) is 6.07 Å². The van der Waals surface area contributed by atoms with E-state index in [2.05, 4.69) is 5.32 Å². The van der Waals surface area contributed by atoms with Gasteiger partial charge in [-0.05, 0) is 24.3 Å². The highest BCUT2D eigenvalue weighted by Gasteiger charge is 2.20. The first kappa shape index (κ1) is 19.3. The summed E-state index contributed by atoms with van der Waals surface area (Å²) in [6.07, 6.45) is 1.70. The molecule has 0 aliphatic rings. The van der Waals surface area contributed by atoms with Gasteiger partial charge in [0.05, 0.1) is 11.8 Å². The monoisotopic (exact) mass is 300 g/mol. The Morgan fingerprint density at radius 3 is 2.09 bits per heavy atom. The lowest BCUT2D eigenvalue weighted by atomic mass is 10.1. The molecule has 0 saturated heterocycles. The second-order valence-electron chi connectivity index (χ2n) is 3.62. The van der Waals surface area contributed by atoms with Crippen molar-refractivity contribution in [1.82, 2.24) is 0 Å². The van der Waals surface area contributed by atoms with Crippen LogP contribution >= 0.6 is 0 Å². The lowest BCUT2D eigenvalue weighted by Gasteiger charge is -2.04. The molecule has 0 fully saturated rings. The number of nitrogens with one attached hydrogen (secondary N) is 1. The molecule has 0 aliphatic carbocycles. The molecule has 4 heteroatoms. The van der Waals surface area contributed by atoms with Gasteiger partial charge in [-0.15, -0.1) is 4.79 Å². The molecule has 2 aromatic rings. The molecule has 1 amide bonds. The van der Waals surface area contributed by atoms with Crippen LogP contribution in [0.5, 0.6) is 5.75 Å². The summed E-state index contributed by atoms with van der Waals surface area (Å²) in [5.41, 5.74) is 0.698. The number of carbonyl (C=O) groups excluding carboxylic acids is 2. The number of hydrogen-bond acceptors (Lipinski definition) is 3. The van der Waals surface area contributed by atoms with E-state index in [9.17, 15) is 14.7 Å². The Morgan fingerprint density at radius 2 is 1.50 bits per heavy atom. The van der Waals surface area contributed by atoms with E-state index < -0.39 is 5.91 Å². The molecule has 2 N–H and O–H groups in total. The standard InChI is InChI=1S/C14H9NO3.2C2H6/c16-9-10-5-1-2-6-11(10)14(18)15-12-7-3-4-8-13(12)17;2*1-2/h1-8H,(H-,15,16,17,18);2*1-2H3/p+1. The van der Waals surface area contributed by atoms with Crippen LogP contribution in [0.3, 0.4) is 0 Å². The number of amides is 1. The molecule has 0 aliphatic heterocycles. The summed E-state index contributed by atoms with van der Waals surface area (Å²) in [5.74, 6) is -0.492. The zero-order chi connectivity index (χ0) is 17.0. The van der Waals surface area contributed by atoms with E-state index in [-0.39, 0.29) is 16.9 Å². The second-order valence-corrected chi connectivity index (χ2v) is 3.62. The van der Waals surface area contributed by atoms with E-state index >= 15 is 0 Å². The molecule has 4 nitrogen and oxygen atoms in total. The van der Waals surface area contributed by atoms with Gasteiger partial charge in [0.15, 0.2) is 5.56 Å². The summed E-state index contributed by atoms with van der Waals surface area (Å²) in [4.78, 5) is 22.6. The van der Waals surface area contributed by atoms with E-state index in [0.717, 1.165) is 0 Å². The molecular weight excluding hydrogens is 278 g/mol. The number of hydrogen-bond donors (Lipinski definition) is 2. The van der Waals surface area contributed by atoms with Crippen molar-refractivity contribution in [2.24, 2.45) is 0 Å². The van der Waals surface area contributed by atoms with E-state index in [1.807, 2.05) is 27.7 Å². The summed E-state index contributed by atoms with van der Waals surface area (Å²) in [6, 6.07) is 12.7. The van der Waals surface area contributed by atoms with Gasteiger partial charge in [-0.25, -0.2) is 0 Å². The summed E-state index contributed by atoms with van der Waals surface area (Å²) in [6.45, 7) is 8.00. The number of aromatic hydroxyl groups is 1. The first-order valence-corrected chi connectivity index (χ1v) is 7.29. The third-order valence-electron chi connectivity index (χ3n) is 2.43. The normalized spacial score (nSPS) is 8.36. The predicted octanol–water partition coefficient (Wildman–Crippen LogP) is 4.15. The molecule has 116 valence electrons. The van der Waals surface area contributed by atoms with Crippen molar-refractivity contribution in [3.8, 4) is 5.75 Å². The number of anilines is 1. The van der Waals surface area contributed by atoms with E-state index in [4.69, 9.17) is 0 Å². The van der Waals surface area contributed by atoms with Crippen molar-refractivity contribution in [3.63, 3.8) is 0 Å². The van der Waals surface area contributed by atoms with Crippen LogP contribution in [0.2, 0.25) is 0 Å². The van der Waals surface area contributed by atoms with Crippen LogP contribution in [0.1, 0.15) is 43.6 Å². The van der Waals surface area contributed by atoms with Gasteiger partial charge < -0.3 is 10.4 Å². The smallest absolute Gasteiger partial charge is 0.313 e. The molecule has 0 atom stereocenters. The molecular formula is C18H22NO3+. The first-order valence-electron chi connectivity index (χ1n) is 7.29. The zero-order valence-corrected chi connectivity index (χ0v) is 13.4. The maximum Gasteiger partial charge on any atom is 0.313 e. The van der Waals surface area contributed by atoms with Crippen molar-refractivity contribution in [1.29, 1.82) is 0 Å². The van der Waals surface area contributed by atoms with Crippen molar-refractivity contribution in [3.05, 3.63) is 59.7 Å². The van der Waals surface area contributed by atoms with Gasteiger partial charge in [-0.1, -0.05) is 39.8 Å². The summed E-state index contributed by atoms with van der Waals surface area (Å²) >= 11 is 0. The van der Waals surface area contributed by atoms with Crippen molar-refractivity contribution < 1.29 is 14.7 Å². The fourth-order valence-electron chi connectivity index (χ4n) is 1.54. The molecule has 22 heavy (non-hydrogen) atoms. The molecule has 2 rings (SSSR count). The van der Waals surface area contributed by atoms with Gasteiger partial charge in [0.2, 0.25) is 5.56 Å². The number of para-hydroxylation sites is 2. The average Bonchev–Trinajstić information content (AvgIpc) is 2.60. The highest BCUT2D eigenvalue weighted by Crippen LogP contribution is 2.22. The van der Waals surface area contributed by atoms with E-state index in [0.29, 0.717) is 5.69 Å². The van der Waals surface area contributed by atoms with Crippen LogP contribution in [0.25, 0.3) is 0 Å². The topological polar surface area (TPSA) is 66.4 Å². The molecule has 0 unspecified atom stereocenters. The number of carbonyl (C=O) groups is 1. The quantitative estimate of drug-likeness (QED) is 0.661. The fourth-order valence-corrected chi connectivity index (χ4v) is 1.54. The summed E-state index contributed by atoms with van der Waals surface area (Å²) in [7, 11) is 0. The number of phenols is 1. The number of phenolic OH excluding ortho intramolecular Hbond substituents is 1. The van der Waals surface area contributed by atoms with Crippen LogP contribution in [0, 0.1) is 0 Å². The van der Waals surface area contributed by atoms with Crippen molar-refractivity contribution >= 4 is 17.9 Å². The van der Waals surface area contributed by atoms with Gasteiger partial charge in [-0.3, -0.25) is 4.79 Å². The average molecular weight is 300 g/mol. The Labute approximate surface area is 131 Å². The highest BCUT2D eigenvalue weighted by molar-refractivity contribution is 6.09. The Bertz CT molecular complexity index is 594. The summed E-state index contributed by atoms with van der Waals surface area (Å²) in [5, 5.41) is 12.1. The van der Waals surface area contributed by atoms with Crippen LogP contribution in [0.15, 0.2) is 48.5 Å². The molecule has 0 bridgehead atoms. The third-order valence-corrected chi connectivity index (χ3v) is 2.43. The maximum absolute atomic E-state index is 11.9.